The summed E-state index contributed by atoms with van der Waals surface area (Å²) < 4.78 is 15.3. The minimum Gasteiger partial charge on any atom is -0.469 e. The van der Waals surface area contributed by atoms with Crippen molar-refractivity contribution in [1.82, 2.24) is 10.1 Å². The van der Waals surface area contributed by atoms with E-state index >= 15 is 0 Å². The second kappa shape index (κ2) is 5.95. The zero-order chi connectivity index (χ0) is 13.0. The van der Waals surface area contributed by atoms with Gasteiger partial charge in [-0.05, 0) is 25.7 Å². The van der Waals surface area contributed by atoms with Crippen molar-refractivity contribution in [1.29, 1.82) is 0 Å². The van der Waals surface area contributed by atoms with Gasteiger partial charge in [-0.25, -0.2) is 0 Å². The fourth-order valence-electron chi connectivity index (χ4n) is 2.22. The third-order valence-electron chi connectivity index (χ3n) is 3.23. The highest BCUT2D eigenvalue weighted by Gasteiger charge is 2.27. The maximum absolute atomic E-state index is 11.4. The lowest BCUT2D eigenvalue weighted by atomic mass is 9.87. The summed E-state index contributed by atoms with van der Waals surface area (Å²) in [7, 11) is 1.43. The van der Waals surface area contributed by atoms with E-state index in [0.717, 1.165) is 25.7 Å². The number of nitrogens with zero attached hydrogens (tertiary/aromatic N) is 2. The molecule has 18 heavy (non-hydrogen) atoms. The molecule has 1 fully saturated rings. The quantitative estimate of drug-likeness (QED) is 0.760. The first-order chi connectivity index (χ1) is 8.69. The average Bonchev–Trinajstić information content (AvgIpc) is 2.82. The van der Waals surface area contributed by atoms with Gasteiger partial charge in [-0.2, -0.15) is 4.98 Å². The molecule has 0 amide bonds. The normalized spacial score (nSPS) is 23.9. The van der Waals surface area contributed by atoms with Crippen LogP contribution in [0.5, 0.6) is 0 Å². The molecular formula is C12H18N2O4. The molecule has 0 unspecified atom stereocenters. The number of rotatable bonds is 4. The number of ether oxygens (including phenoxy) is 2. The van der Waals surface area contributed by atoms with Gasteiger partial charge in [0.25, 0.3) is 0 Å². The van der Waals surface area contributed by atoms with Crippen molar-refractivity contribution in [2.24, 2.45) is 5.92 Å². The Hall–Kier alpha value is -1.43. The first kappa shape index (κ1) is 13.0. The van der Waals surface area contributed by atoms with Gasteiger partial charge in [0.05, 0.1) is 19.1 Å². The Labute approximate surface area is 106 Å². The van der Waals surface area contributed by atoms with Gasteiger partial charge < -0.3 is 14.0 Å². The van der Waals surface area contributed by atoms with Gasteiger partial charge in [-0.1, -0.05) is 5.16 Å². The summed E-state index contributed by atoms with van der Waals surface area (Å²) in [5, 5.41) is 3.77. The van der Waals surface area contributed by atoms with Gasteiger partial charge in [-0.15, -0.1) is 0 Å². The number of aryl methyl sites for hydroxylation is 1. The standard InChI is InChI=1S/C12H18N2O4/c1-8-13-11(14-18-8)7-17-10-5-3-9(4-6-10)12(15)16-2/h9-10H,3-7H2,1-2H3. The fraction of sp³-hybridized carbons (Fsp3) is 0.750. The second-order valence-corrected chi connectivity index (χ2v) is 4.54. The molecule has 1 aromatic heterocycles. The van der Waals surface area contributed by atoms with E-state index < -0.39 is 0 Å². The predicted octanol–water partition coefficient (Wildman–Crippen LogP) is 1.63. The van der Waals surface area contributed by atoms with Gasteiger partial charge in [0.1, 0.15) is 6.61 Å². The largest absolute Gasteiger partial charge is 0.469 e. The smallest absolute Gasteiger partial charge is 0.308 e. The summed E-state index contributed by atoms with van der Waals surface area (Å²) in [6.07, 6.45) is 3.56. The molecule has 2 rings (SSSR count). The van der Waals surface area contributed by atoms with Crippen molar-refractivity contribution in [3.63, 3.8) is 0 Å². The van der Waals surface area contributed by atoms with Gasteiger partial charge >= 0.3 is 5.97 Å². The minimum absolute atomic E-state index is 0.0299. The summed E-state index contributed by atoms with van der Waals surface area (Å²) in [5.41, 5.74) is 0. The maximum atomic E-state index is 11.4. The van der Waals surface area contributed by atoms with Crippen molar-refractivity contribution in [3.8, 4) is 0 Å². The zero-order valence-corrected chi connectivity index (χ0v) is 10.7. The number of hydrogen-bond donors (Lipinski definition) is 0. The Morgan fingerprint density at radius 3 is 2.67 bits per heavy atom. The van der Waals surface area contributed by atoms with E-state index in [1.54, 1.807) is 6.92 Å². The molecule has 1 saturated carbocycles. The van der Waals surface area contributed by atoms with Crippen LogP contribution in [0.3, 0.4) is 0 Å². The van der Waals surface area contributed by atoms with Crippen LogP contribution in [0, 0.1) is 12.8 Å². The molecule has 0 N–H and O–H groups in total. The third-order valence-corrected chi connectivity index (χ3v) is 3.23. The Balaban J connectivity index is 1.72. The maximum Gasteiger partial charge on any atom is 0.308 e. The van der Waals surface area contributed by atoms with E-state index in [-0.39, 0.29) is 18.0 Å². The topological polar surface area (TPSA) is 74.5 Å². The number of hydrogen-bond acceptors (Lipinski definition) is 6. The molecule has 6 heteroatoms. The summed E-state index contributed by atoms with van der Waals surface area (Å²) >= 11 is 0. The highest BCUT2D eigenvalue weighted by Crippen LogP contribution is 2.27. The zero-order valence-electron chi connectivity index (χ0n) is 10.7. The number of carbonyl (C=O) groups is 1. The van der Waals surface area contributed by atoms with Crippen molar-refractivity contribution in [2.75, 3.05) is 7.11 Å². The van der Waals surface area contributed by atoms with Gasteiger partial charge in [-0.3, -0.25) is 4.79 Å². The minimum atomic E-state index is -0.109. The molecule has 0 aromatic carbocycles. The van der Waals surface area contributed by atoms with E-state index in [9.17, 15) is 4.79 Å². The monoisotopic (exact) mass is 254 g/mol. The van der Waals surface area contributed by atoms with Crippen LogP contribution in [-0.4, -0.2) is 29.3 Å². The lowest BCUT2D eigenvalue weighted by Crippen LogP contribution is -2.27. The fourth-order valence-corrected chi connectivity index (χ4v) is 2.22. The predicted molar refractivity (Wildman–Crippen MR) is 61.6 cm³/mol. The molecule has 0 radical (unpaired) electrons. The van der Waals surface area contributed by atoms with Crippen LogP contribution >= 0.6 is 0 Å². The van der Waals surface area contributed by atoms with Crippen LogP contribution in [0.25, 0.3) is 0 Å². The SMILES string of the molecule is COC(=O)C1CCC(OCc2noc(C)n2)CC1. The van der Waals surface area contributed by atoms with Gasteiger partial charge in [0, 0.05) is 6.92 Å². The van der Waals surface area contributed by atoms with Crippen molar-refractivity contribution >= 4 is 5.97 Å². The molecule has 0 atom stereocenters. The molecule has 1 aromatic rings. The average molecular weight is 254 g/mol. The van der Waals surface area contributed by atoms with E-state index in [4.69, 9.17) is 14.0 Å². The van der Waals surface area contributed by atoms with Crippen LogP contribution in [-0.2, 0) is 20.9 Å². The Morgan fingerprint density at radius 2 is 2.11 bits per heavy atom. The van der Waals surface area contributed by atoms with Crippen LogP contribution in [0.15, 0.2) is 4.52 Å². The van der Waals surface area contributed by atoms with Crippen LogP contribution in [0.1, 0.15) is 37.4 Å². The summed E-state index contributed by atoms with van der Waals surface area (Å²) in [6, 6.07) is 0. The Bertz CT molecular complexity index is 397. The molecular weight excluding hydrogens is 236 g/mol. The first-order valence-corrected chi connectivity index (χ1v) is 6.17. The summed E-state index contributed by atoms with van der Waals surface area (Å²) in [6.45, 7) is 2.11. The highest BCUT2D eigenvalue weighted by molar-refractivity contribution is 5.72. The molecule has 0 bridgehead atoms. The van der Waals surface area contributed by atoms with Gasteiger partial charge in [0.15, 0.2) is 5.82 Å². The van der Waals surface area contributed by atoms with E-state index in [1.807, 2.05) is 0 Å². The Kier molecular flexibility index (Phi) is 4.30. The van der Waals surface area contributed by atoms with Crippen molar-refractivity contribution in [2.45, 2.75) is 45.3 Å². The molecule has 1 aliphatic carbocycles. The molecule has 0 saturated heterocycles. The summed E-state index contributed by atoms with van der Waals surface area (Å²) in [4.78, 5) is 15.4. The third kappa shape index (κ3) is 3.29. The van der Waals surface area contributed by atoms with Gasteiger partial charge in [0.2, 0.25) is 5.89 Å². The molecule has 1 aliphatic rings. The number of methoxy groups -OCH3 is 1. The van der Waals surface area contributed by atoms with Crippen molar-refractivity contribution in [3.05, 3.63) is 11.7 Å². The van der Waals surface area contributed by atoms with Crippen LogP contribution in [0.4, 0.5) is 0 Å². The first-order valence-electron chi connectivity index (χ1n) is 6.17. The van der Waals surface area contributed by atoms with E-state index in [0.29, 0.717) is 18.3 Å². The highest BCUT2D eigenvalue weighted by atomic mass is 16.5. The molecule has 100 valence electrons. The number of esters is 1. The second-order valence-electron chi connectivity index (χ2n) is 4.54. The van der Waals surface area contributed by atoms with Crippen LogP contribution in [0.2, 0.25) is 0 Å². The lowest BCUT2D eigenvalue weighted by Gasteiger charge is -2.26. The number of aromatic nitrogens is 2. The van der Waals surface area contributed by atoms with Crippen LogP contribution < -0.4 is 0 Å². The molecule has 0 spiro atoms. The molecule has 6 nitrogen and oxygen atoms in total. The molecule has 1 heterocycles. The lowest BCUT2D eigenvalue weighted by molar-refractivity contribution is -0.147. The molecule has 0 aliphatic heterocycles. The van der Waals surface area contributed by atoms with E-state index in [1.165, 1.54) is 7.11 Å². The number of carbonyl (C=O) groups excluding carboxylic acids is 1. The van der Waals surface area contributed by atoms with Crippen molar-refractivity contribution < 1.29 is 18.8 Å². The summed E-state index contributed by atoms with van der Waals surface area (Å²) in [5.74, 6) is 1.04. The Morgan fingerprint density at radius 1 is 1.39 bits per heavy atom. The van der Waals surface area contributed by atoms with E-state index in [2.05, 4.69) is 10.1 Å².